The average Bonchev–Trinajstić information content (AvgIpc) is 3.41. The van der Waals surface area contributed by atoms with Gasteiger partial charge in [-0.15, -0.1) is 11.3 Å². The zero-order chi connectivity index (χ0) is 21.1. The number of hydrogen-bond acceptors (Lipinski definition) is 6. The lowest BCUT2D eigenvalue weighted by Gasteiger charge is -2.12. The smallest absolute Gasteiger partial charge is 0.281 e. The molecule has 0 spiro atoms. The number of nitrogens with one attached hydrogen (secondary N) is 2. The highest BCUT2D eigenvalue weighted by atomic mass is 32.1. The number of nitrogens with zero attached hydrogens (tertiary/aromatic N) is 4. The molecule has 10 heteroatoms. The molecule has 0 fully saturated rings. The summed E-state index contributed by atoms with van der Waals surface area (Å²) in [6, 6.07) is 8.20. The van der Waals surface area contributed by atoms with Crippen molar-refractivity contribution in [3.63, 3.8) is 0 Å². The van der Waals surface area contributed by atoms with Gasteiger partial charge in [-0.25, -0.2) is 14.6 Å². The van der Waals surface area contributed by atoms with Gasteiger partial charge in [0.2, 0.25) is 5.91 Å². The molecular weight excluding hydrogens is 404 g/mol. The summed E-state index contributed by atoms with van der Waals surface area (Å²) in [7, 11) is 0. The lowest BCUT2D eigenvalue weighted by molar-refractivity contribution is -0.116. The predicted molar refractivity (Wildman–Crippen MR) is 114 cm³/mol. The van der Waals surface area contributed by atoms with Crippen LogP contribution in [0, 0.1) is 6.92 Å². The van der Waals surface area contributed by atoms with Gasteiger partial charge < -0.3 is 9.88 Å². The van der Waals surface area contributed by atoms with E-state index in [0.717, 1.165) is 4.68 Å². The van der Waals surface area contributed by atoms with Crippen LogP contribution >= 0.6 is 11.3 Å². The Bertz CT molecular complexity index is 1280. The zero-order valence-corrected chi connectivity index (χ0v) is 16.8. The molecule has 9 nitrogen and oxygen atoms in total. The van der Waals surface area contributed by atoms with Gasteiger partial charge in [-0.1, -0.05) is 6.07 Å². The Morgan fingerprint density at radius 2 is 2.10 bits per heavy atom. The molecule has 0 radical (unpaired) electrons. The predicted octanol–water partition coefficient (Wildman–Crippen LogP) is 2.38. The van der Waals surface area contributed by atoms with Crippen LogP contribution < -0.4 is 16.3 Å². The topological polar surface area (TPSA) is 111 Å². The molecule has 4 aromatic rings. The Balaban J connectivity index is 1.46. The Morgan fingerprint density at radius 1 is 1.23 bits per heavy atom. The van der Waals surface area contributed by atoms with Gasteiger partial charge in [0, 0.05) is 36.6 Å². The van der Waals surface area contributed by atoms with Gasteiger partial charge in [0.25, 0.3) is 11.5 Å². The number of rotatable bonds is 6. The first-order valence-corrected chi connectivity index (χ1v) is 10.0. The summed E-state index contributed by atoms with van der Waals surface area (Å²) in [5.41, 5.74) is 3.05. The largest absolute Gasteiger partial charge is 0.337 e. The van der Waals surface area contributed by atoms with E-state index in [1.807, 2.05) is 4.57 Å². The SMILES string of the molecule is Cc1nc2sccc2c(=O)n1NC(=O)c1cccc(NC(=O)CCn2ccnc2)c1. The Hall–Kier alpha value is -3.79. The number of benzene rings is 1. The van der Waals surface area contributed by atoms with Crippen molar-refractivity contribution < 1.29 is 9.59 Å². The fourth-order valence-electron chi connectivity index (χ4n) is 2.92. The van der Waals surface area contributed by atoms with Gasteiger partial charge in [0.05, 0.1) is 11.7 Å². The minimum Gasteiger partial charge on any atom is -0.337 e. The number of carbonyl (C=O) groups is 2. The van der Waals surface area contributed by atoms with Crippen LogP contribution in [0.1, 0.15) is 22.6 Å². The number of imidazole rings is 1. The molecule has 152 valence electrons. The number of aryl methyl sites for hydroxylation is 2. The molecule has 2 N–H and O–H groups in total. The summed E-state index contributed by atoms with van der Waals surface area (Å²) in [6.45, 7) is 2.16. The van der Waals surface area contributed by atoms with E-state index in [0.29, 0.717) is 33.8 Å². The van der Waals surface area contributed by atoms with Crippen LogP contribution in [0.25, 0.3) is 10.2 Å². The lowest BCUT2D eigenvalue weighted by atomic mass is 10.2. The molecule has 3 aromatic heterocycles. The minimum atomic E-state index is -0.480. The Labute approximate surface area is 175 Å². The van der Waals surface area contributed by atoms with Crippen molar-refractivity contribution >= 4 is 39.1 Å². The summed E-state index contributed by atoms with van der Waals surface area (Å²) in [6.07, 6.45) is 5.35. The van der Waals surface area contributed by atoms with Gasteiger partial charge >= 0.3 is 0 Å². The van der Waals surface area contributed by atoms with E-state index >= 15 is 0 Å². The molecule has 4 rings (SSSR count). The van der Waals surface area contributed by atoms with Crippen molar-refractivity contribution in [3.05, 3.63) is 76.2 Å². The summed E-state index contributed by atoms with van der Waals surface area (Å²) < 4.78 is 2.94. The van der Waals surface area contributed by atoms with Crippen molar-refractivity contribution in [1.29, 1.82) is 0 Å². The maximum absolute atomic E-state index is 12.7. The fraction of sp³-hybridized carbons (Fsp3) is 0.150. The molecule has 0 saturated carbocycles. The second-order valence-corrected chi connectivity index (χ2v) is 7.45. The maximum Gasteiger partial charge on any atom is 0.281 e. The molecule has 2 amide bonds. The summed E-state index contributed by atoms with van der Waals surface area (Å²) in [4.78, 5) is 46.4. The van der Waals surface area contributed by atoms with Crippen molar-refractivity contribution in [2.75, 3.05) is 10.7 Å². The van der Waals surface area contributed by atoms with Gasteiger partial charge in [0.15, 0.2) is 0 Å². The van der Waals surface area contributed by atoms with E-state index in [-0.39, 0.29) is 17.9 Å². The molecule has 0 saturated heterocycles. The van der Waals surface area contributed by atoms with E-state index in [2.05, 4.69) is 20.7 Å². The summed E-state index contributed by atoms with van der Waals surface area (Å²) >= 11 is 1.37. The van der Waals surface area contributed by atoms with Gasteiger partial charge in [-0.2, -0.15) is 0 Å². The number of carbonyl (C=O) groups excluding carboxylic acids is 2. The molecule has 3 heterocycles. The van der Waals surface area contributed by atoms with E-state index in [9.17, 15) is 14.4 Å². The normalized spacial score (nSPS) is 10.8. The maximum atomic E-state index is 12.7. The number of aromatic nitrogens is 4. The highest BCUT2D eigenvalue weighted by Gasteiger charge is 2.13. The van der Waals surface area contributed by atoms with Crippen LogP contribution in [-0.2, 0) is 11.3 Å². The third-order valence-corrected chi connectivity index (χ3v) is 5.25. The number of fused-ring (bicyclic) bond motifs is 1. The molecule has 0 atom stereocenters. The molecular formula is C20H18N6O3S. The highest BCUT2D eigenvalue weighted by Crippen LogP contribution is 2.15. The lowest BCUT2D eigenvalue weighted by Crippen LogP contribution is -2.35. The molecule has 0 unspecified atom stereocenters. The third-order valence-electron chi connectivity index (χ3n) is 4.44. The number of hydrogen-bond donors (Lipinski definition) is 2. The molecule has 0 aliphatic heterocycles. The van der Waals surface area contributed by atoms with Gasteiger partial charge in [0.1, 0.15) is 10.7 Å². The van der Waals surface area contributed by atoms with Gasteiger partial charge in [-0.05, 0) is 36.6 Å². The van der Waals surface area contributed by atoms with Crippen LogP contribution in [-0.4, -0.2) is 31.0 Å². The molecule has 0 aliphatic carbocycles. The first kappa shape index (κ1) is 19.5. The van der Waals surface area contributed by atoms with Crippen LogP contribution in [0.5, 0.6) is 0 Å². The fourth-order valence-corrected chi connectivity index (χ4v) is 3.72. The molecule has 30 heavy (non-hydrogen) atoms. The van der Waals surface area contributed by atoms with E-state index < -0.39 is 5.91 Å². The molecule has 1 aromatic carbocycles. The van der Waals surface area contributed by atoms with Gasteiger partial charge in [-0.3, -0.25) is 19.8 Å². The van der Waals surface area contributed by atoms with Crippen LogP contribution in [0.15, 0.2) is 59.2 Å². The van der Waals surface area contributed by atoms with Crippen LogP contribution in [0.4, 0.5) is 5.69 Å². The first-order valence-electron chi connectivity index (χ1n) is 9.15. The highest BCUT2D eigenvalue weighted by molar-refractivity contribution is 7.16. The standard InChI is InChI=1S/C20H18N6O3S/c1-13-22-19-16(6-10-30-19)20(29)26(13)24-18(28)14-3-2-4-15(11-14)23-17(27)5-8-25-9-7-21-12-25/h2-4,6-7,9-12H,5,8H2,1H3,(H,23,27)(H,24,28). The summed E-state index contributed by atoms with van der Waals surface area (Å²) in [5, 5.41) is 5.01. The number of anilines is 1. The third kappa shape index (κ3) is 4.13. The van der Waals surface area contributed by atoms with Crippen molar-refractivity contribution in [1.82, 2.24) is 19.2 Å². The van der Waals surface area contributed by atoms with Crippen LogP contribution in [0.3, 0.4) is 0 Å². The Kier molecular flexibility index (Phi) is 5.40. The second-order valence-electron chi connectivity index (χ2n) is 6.56. The average molecular weight is 422 g/mol. The van der Waals surface area contributed by atoms with Crippen molar-refractivity contribution in [2.24, 2.45) is 0 Å². The quantitative estimate of drug-likeness (QED) is 0.496. The van der Waals surface area contributed by atoms with Crippen molar-refractivity contribution in [3.8, 4) is 0 Å². The summed E-state index contributed by atoms with van der Waals surface area (Å²) in [5.74, 6) is -0.279. The van der Waals surface area contributed by atoms with Crippen LogP contribution in [0.2, 0.25) is 0 Å². The van der Waals surface area contributed by atoms with Crippen molar-refractivity contribution in [2.45, 2.75) is 19.9 Å². The zero-order valence-electron chi connectivity index (χ0n) is 16.0. The minimum absolute atomic E-state index is 0.180. The Morgan fingerprint density at radius 3 is 2.90 bits per heavy atom. The molecule has 0 aliphatic rings. The second kappa shape index (κ2) is 8.29. The number of thiophene rings is 1. The van der Waals surface area contributed by atoms with E-state index in [1.165, 1.54) is 11.3 Å². The first-order chi connectivity index (χ1) is 14.5. The monoisotopic (exact) mass is 422 g/mol. The molecule has 0 bridgehead atoms. The number of amides is 2. The van der Waals surface area contributed by atoms with E-state index in [1.54, 1.807) is 61.4 Å². The van der Waals surface area contributed by atoms with E-state index in [4.69, 9.17) is 0 Å².